The number of aliphatic hydroxyl groups excluding tert-OH is 1. The van der Waals surface area contributed by atoms with Crippen LogP contribution in [-0.4, -0.2) is 85.2 Å². The van der Waals surface area contributed by atoms with Gasteiger partial charge >= 0.3 is 0 Å². The number of carbonyl (C=O) groups excluding carboxylic acids is 2. The van der Waals surface area contributed by atoms with Crippen LogP contribution in [0.25, 0.3) is 5.76 Å². The highest BCUT2D eigenvalue weighted by molar-refractivity contribution is 6.46. The van der Waals surface area contributed by atoms with Crippen molar-refractivity contribution in [2.45, 2.75) is 12.5 Å². The standard InChI is InChI=1S/C25H29N3O6/c1-32-19-5-4-18(16-20(19)33-2)22-21(23(29)17-6-8-26-9-7-17)24(30)25(31)28(22)11-3-10-27-12-14-34-15-13-27/h4-9,16,22,29H,3,10-15H2,1-2H3/t22-/m0/s1. The van der Waals surface area contributed by atoms with E-state index in [1.165, 1.54) is 24.4 Å². The Kier molecular flexibility index (Phi) is 7.44. The number of pyridine rings is 1. The molecule has 9 nitrogen and oxygen atoms in total. The first-order valence-electron chi connectivity index (χ1n) is 11.3. The molecule has 2 aliphatic heterocycles. The van der Waals surface area contributed by atoms with Crippen LogP contribution in [0.5, 0.6) is 11.5 Å². The number of aromatic nitrogens is 1. The summed E-state index contributed by atoms with van der Waals surface area (Å²) < 4.78 is 16.2. The number of nitrogens with zero attached hydrogens (tertiary/aromatic N) is 3. The molecule has 0 unspecified atom stereocenters. The van der Waals surface area contributed by atoms with Crippen molar-refractivity contribution >= 4 is 17.4 Å². The third-order valence-corrected chi connectivity index (χ3v) is 6.19. The number of hydrogen-bond acceptors (Lipinski definition) is 8. The number of carbonyl (C=O) groups is 2. The zero-order valence-corrected chi connectivity index (χ0v) is 19.4. The van der Waals surface area contributed by atoms with Gasteiger partial charge in [0.2, 0.25) is 0 Å². The van der Waals surface area contributed by atoms with Gasteiger partial charge in [-0.15, -0.1) is 0 Å². The van der Waals surface area contributed by atoms with E-state index in [0.29, 0.717) is 48.8 Å². The molecular weight excluding hydrogens is 438 g/mol. The SMILES string of the molecule is COc1ccc([C@H]2C(=C(O)c3ccncc3)C(=O)C(=O)N2CCCN2CCOCC2)cc1OC. The Hall–Kier alpha value is -3.43. The number of hydrogen-bond donors (Lipinski definition) is 1. The second-order valence-electron chi connectivity index (χ2n) is 8.15. The molecule has 3 heterocycles. The van der Waals surface area contributed by atoms with Gasteiger partial charge in [-0.3, -0.25) is 19.5 Å². The number of morpholine rings is 1. The largest absolute Gasteiger partial charge is 0.507 e. The minimum atomic E-state index is -0.752. The van der Waals surface area contributed by atoms with Crippen LogP contribution in [0.3, 0.4) is 0 Å². The summed E-state index contributed by atoms with van der Waals surface area (Å²) in [5.41, 5.74) is 1.13. The molecule has 0 bridgehead atoms. The van der Waals surface area contributed by atoms with Crippen LogP contribution in [0.1, 0.15) is 23.6 Å². The minimum Gasteiger partial charge on any atom is -0.507 e. The Morgan fingerprint density at radius 1 is 1.06 bits per heavy atom. The molecular formula is C25H29N3O6. The highest BCUT2D eigenvalue weighted by Crippen LogP contribution is 2.41. The van der Waals surface area contributed by atoms with Crippen LogP contribution in [0.4, 0.5) is 0 Å². The van der Waals surface area contributed by atoms with Crippen molar-refractivity contribution in [1.29, 1.82) is 0 Å². The van der Waals surface area contributed by atoms with Gasteiger partial charge < -0.3 is 24.2 Å². The Balaban J connectivity index is 1.70. The quantitative estimate of drug-likeness (QED) is 0.358. The third kappa shape index (κ3) is 4.76. The van der Waals surface area contributed by atoms with Crippen LogP contribution in [0, 0.1) is 0 Å². The van der Waals surface area contributed by atoms with E-state index < -0.39 is 17.7 Å². The first kappa shape index (κ1) is 23.7. The fourth-order valence-corrected chi connectivity index (χ4v) is 4.43. The van der Waals surface area contributed by atoms with Gasteiger partial charge in [-0.05, 0) is 36.2 Å². The van der Waals surface area contributed by atoms with Crippen LogP contribution in [0.2, 0.25) is 0 Å². The maximum Gasteiger partial charge on any atom is 0.295 e. The van der Waals surface area contributed by atoms with Crippen molar-refractivity contribution in [2.24, 2.45) is 0 Å². The summed E-state index contributed by atoms with van der Waals surface area (Å²) >= 11 is 0. The zero-order chi connectivity index (χ0) is 24.1. The van der Waals surface area contributed by atoms with Gasteiger partial charge in [0.15, 0.2) is 11.5 Å². The normalized spacial score (nSPS) is 20.5. The summed E-state index contributed by atoms with van der Waals surface area (Å²) in [6.45, 7) is 4.24. The number of Topliss-reactive ketones (excluding diaryl/α,β-unsaturated/α-hetero) is 1. The number of amides is 1. The highest BCUT2D eigenvalue weighted by Gasteiger charge is 2.46. The molecule has 0 aliphatic carbocycles. The van der Waals surface area contributed by atoms with Gasteiger partial charge in [0.05, 0.1) is 39.0 Å². The van der Waals surface area contributed by atoms with Gasteiger partial charge in [-0.1, -0.05) is 6.07 Å². The number of benzene rings is 1. The molecule has 1 atom stereocenters. The van der Waals surface area contributed by atoms with Crippen LogP contribution in [-0.2, 0) is 14.3 Å². The van der Waals surface area contributed by atoms with Crippen LogP contribution < -0.4 is 9.47 Å². The van der Waals surface area contributed by atoms with Crippen molar-refractivity contribution in [3.63, 3.8) is 0 Å². The molecule has 1 N–H and O–H groups in total. The molecule has 2 fully saturated rings. The molecule has 1 aromatic carbocycles. The molecule has 0 saturated carbocycles. The zero-order valence-electron chi connectivity index (χ0n) is 19.4. The summed E-state index contributed by atoms with van der Waals surface area (Å²) in [6, 6.07) is 7.71. The summed E-state index contributed by atoms with van der Waals surface area (Å²) in [7, 11) is 3.07. The van der Waals surface area contributed by atoms with Gasteiger partial charge in [0.1, 0.15) is 5.76 Å². The molecule has 1 aromatic heterocycles. The number of ketones is 1. The molecule has 9 heteroatoms. The van der Waals surface area contributed by atoms with Crippen molar-refractivity contribution in [3.8, 4) is 11.5 Å². The number of methoxy groups -OCH3 is 2. The highest BCUT2D eigenvalue weighted by atomic mass is 16.5. The van der Waals surface area contributed by atoms with Gasteiger partial charge in [-0.25, -0.2) is 0 Å². The first-order chi connectivity index (χ1) is 16.5. The van der Waals surface area contributed by atoms with Gasteiger partial charge in [0, 0.05) is 44.1 Å². The van der Waals surface area contributed by atoms with E-state index in [1.807, 2.05) is 0 Å². The maximum absolute atomic E-state index is 13.1. The van der Waals surface area contributed by atoms with E-state index in [-0.39, 0.29) is 11.3 Å². The van der Waals surface area contributed by atoms with E-state index in [9.17, 15) is 14.7 Å². The summed E-state index contributed by atoms with van der Waals surface area (Å²) in [4.78, 5) is 34.1. The lowest BCUT2D eigenvalue weighted by Gasteiger charge is -2.29. The Bertz CT molecular complexity index is 1070. The lowest BCUT2D eigenvalue weighted by Crippen LogP contribution is -2.38. The molecule has 0 spiro atoms. The lowest BCUT2D eigenvalue weighted by atomic mass is 9.95. The molecule has 1 amide bonds. The fraction of sp³-hybridized carbons (Fsp3) is 0.400. The lowest BCUT2D eigenvalue weighted by molar-refractivity contribution is -0.140. The van der Waals surface area contributed by atoms with Crippen molar-refractivity contribution in [3.05, 3.63) is 59.4 Å². The van der Waals surface area contributed by atoms with Gasteiger partial charge in [-0.2, -0.15) is 0 Å². The minimum absolute atomic E-state index is 0.0507. The Labute approximate surface area is 198 Å². The predicted octanol–water partition coefficient (Wildman–Crippen LogP) is 2.24. The second kappa shape index (κ2) is 10.7. The average molecular weight is 468 g/mol. The van der Waals surface area contributed by atoms with E-state index in [1.54, 1.807) is 37.4 Å². The molecule has 2 saturated heterocycles. The summed E-state index contributed by atoms with van der Waals surface area (Å²) in [6.07, 6.45) is 3.74. The maximum atomic E-state index is 13.1. The van der Waals surface area contributed by atoms with Crippen molar-refractivity contribution in [1.82, 2.24) is 14.8 Å². The smallest absolute Gasteiger partial charge is 0.295 e. The number of rotatable bonds is 8. The molecule has 4 rings (SSSR count). The van der Waals surface area contributed by atoms with E-state index in [2.05, 4.69) is 9.88 Å². The first-order valence-corrected chi connectivity index (χ1v) is 11.3. The molecule has 0 radical (unpaired) electrons. The molecule has 2 aliphatic rings. The fourth-order valence-electron chi connectivity index (χ4n) is 4.43. The Morgan fingerprint density at radius 3 is 2.44 bits per heavy atom. The molecule has 180 valence electrons. The van der Waals surface area contributed by atoms with E-state index >= 15 is 0 Å². The van der Waals surface area contributed by atoms with Crippen molar-refractivity contribution < 1.29 is 28.9 Å². The number of aliphatic hydroxyl groups is 1. The number of ether oxygens (including phenoxy) is 3. The van der Waals surface area contributed by atoms with E-state index in [4.69, 9.17) is 14.2 Å². The summed E-state index contributed by atoms with van der Waals surface area (Å²) in [5, 5.41) is 11.1. The van der Waals surface area contributed by atoms with Gasteiger partial charge in [0.25, 0.3) is 11.7 Å². The Morgan fingerprint density at radius 2 is 1.76 bits per heavy atom. The second-order valence-corrected chi connectivity index (χ2v) is 8.15. The average Bonchev–Trinajstić information content (AvgIpc) is 3.14. The van der Waals surface area contributed by atoms with Crippen molar-refractivity contribution in [2.75, 3.05) is 53.6 Å². The topological polar surface area (TPSA) is 101 Å². The monoisotopic (exact) mass is 467 g/mol. The number of likely N-dealkylation sites (tertiary alicyclic amines) is 1. The molecule has 2 aromatic rings. The predicted molar refractivity (Wildman–Crippen MR) is 125 cm³/mol. The molecule has 34 heavy (non-hydrogen) atoms. The van der Waals surface area contributed by atoms with E-state index in [0.717, 1.165) is 19.6 Å². The summed E-state index contributed by atoms with van der Waals surface area (Å²) in [5.74, 6) is -0.554. The van der Waals surface area contributed by atoms with Crippen LogP contribution >= 0.6 is 0 Å². The third-order valence-electron chi connectivity index (χ3n) is 6.19. The van der Waals surface area contributed by atoms with Crippen LogP contribution in [0.15, 0.2) is 48.3 Å².